The second kappa shape index (κ2) is 6.09. The van der Waals surface area contributed by atoms with Gasteiger partial charge in [0.1, 0.15) is 0 Å². The molecule has 0 spiro atoms. The van der Waals surface area contributed by atoms with Crippen molar-refractivity contribution in [2.75, 3.05) is 11.9 Å². The van der Waals surface area contributed by atoms with Gasteiger partial charge in [0.2, 0.25) is 0 Å². The maximum atomic E-state index is 12.5. The van der Waals surface area contributed by atoms with Crippen LogP contribution in [0.3, 0.4) is 0 Å². The van der Waals surface area contributed by atoms with Gasteiger partial charge in [-0.2, -0.15) is 18.4 Å². The zero-order valence-corrected chi connectivity index (χ0v) is 9.79. The Kier molecular flexibility index (Phi) is 4.75. The number of rotatable bonds is 5. The number of carboxylic acids is 1. The van der Waals surface area contributed by atoms with Crippen molar-refractivity contribution in [3.8, 4) is 6.07 Å². The molecule has 0 amide bonds. The highest BCUT2D eigenvalue weighted by atomic mass is 19.4. The van der Waals surface area contributed by atoms with Crippen molar-refractivity contribution in [3.05, 3.63) is 29.3 Å². The molecule has 7 heteroatoms. The molecule has 0 saturated carbocycles. The monoisotopic (exact) mass is 272 g/mol. The van der Waals surface area contributed by atoms with Crippen LogP contribution in [0.5, 0.6) is 0 Å². The molecule has 0 aliphatic rings. The summed E-state index contributed by atoms with van der Waals surface area (Å²) in [6, 6.07) is 4.64. The normalized spacial score (nSPS) is 10.8. The number of hydrogen-bond acceptors (Lipinski definition) is 3. The van der Waals surface area contributed by atoms with Crippen LogP contribution in [-0.2, 0) is 11.0 Å². The molecule has 0 bridgehead atoms. The maximum Gasteiger partial charge on any atom is 0.417 e. The Hall–Kier alpha value is -2.23. The summed E-state index contributed by atoms with van der Waals surface area (Å²) in [5.74, 6) is -0.938. The number of aliphatic carboxylic acids is 1. The van der Waals surface area contributed by atoms with Crippen molar-refractivity contribution >= 4 is 11.7 Å². The van der Waals surface area contributed by atoms with Gasteiger partial charge in [-0.25, -0.2) is 0 Å². The summed E-state index contributed by atoms with van der Waals surface area (Å²) in [7, 11) is 0. The van der Waals surface area contributed by atoms with Crippen molar-refractivity contribution in [1.82, 2.24) is 0 Å². The first-order valence-corrected chi connectivity index (χ1v) is 5.41. The van der Waals surface area contributed by atoms with Crippen molar-refractivity contribution in [1.29, 1.82) is 5.26 Å². The average molecular weight is 272 g/mol. The van der Waals surface area contributed by atoms with Gasteiger partial charge in [-0.15, -0.1) is 0 Å². The smallest absolute Gasteiger partial charge is 0.417 e. The van der Waals surface area contributed by atoms with Crippen LogP contribution >= 0.6 is 0 Å². The summed E-state index contributed by atoms with van der Waals surface area (Å²) in [5.41, 5.74) is -1.09. The summed E-state index contributed by atoms with van der Waals surface area (Å²) >= 11 is 0. The minimum absolute atomic E-state index is 0.0290. The van der Waals surface area contributed by atoms with E-state index in [4.69, 9.17) is 10.4 Å². The summed E-state index contributed by atoms with van der Waals surface area (Å²) in [6.07, 6.45) is -4.25. The highest BCUT2D eigenvalue weighted by molar-refractivity contribution is 5.66. The molecule has 0 aliphatic heterocycles. The predicted octanol–water partition coefficient (Wildman–Crippen LogP) is 2.85. The molecule has 0 aliphatic carbocycles. The number of nitriles is 1. The van der Waals surface area contributed by atoms with E-state index in [1.165, 1.54) is 12.1 Å². The van der Waals surface area contributed by atoms with E-state index in [0.29, 0.717) is 18.7 Å². The van der Waals surface area contributed by atoms with E-state index >= 15 is 0 Å². The van der Waals surface area contributed by atoms with Crippen LogP contribution in [0.2, 0.25) is 0 Å². The topological polar surface area (TPSA) is 73.1 Å². The lowest BCUT2D eigenvalue weighted by Gasteiger charge is -2.11. The highest BCUT2D eigenvalue weighted by Crippen LogP contribution is 2.32. The van der Waals surface area contributed by atoms with Gasteiger partial charge in [0, 0.05) is 18.7 Å². The standard InChI is InChI=1S/C12H11F3N2O2/c13-12(14,15)10-4-3-9(6-8(10)7-16)17-5-1-2-11(18)19/h3-4,6,17H,1-2,5H2,(H,18,19). The van der Waals surface area contributed by atoms with E-state index in [2.05, 4.69) is 5.32 Å². The lowest BCUT2D eigenvalue weighted by atomic mass is 10.1. The second-order valence-electron chi connectivity index (χ2n) is 3.79. The van der Waals surface area contributed by atoms with Gasteiger partial charge in [0.25, 0.3) is 0 Å². The van der Waals surface area contributed by atoms with Gasteiger partial charge in [-0.1, -0.05) is 0 Å². The first-order chi connectivity index (χ1) is 8.84. The van der Waals surface area contributed by atoms with Crippen LogP contribution in [0, 0.1) is 11.3 Å². The third-order valence-electron chi connectivity index (χ3n) is 2.34. The van der Waals surface area contributed by atoms with E-state index in [0.717, 1.165) is 12.1 Å². The van der Waals surface area contributed by atoms with E-state index < -0.39 is 23.3 Å². The van der Waals surface area contributed by atoms with E-state index in [-0.39, 0.29) is 6.42 Å². The Morgan fingerprint density at radius 2 is 2.11 bits per heavy atom. The molecule has 102 valence electrons. The molecule has 19 heavy (non-hydrogen) atoms. The number of halogens is 3. The summed E-state index contributed by atoms with van der Waals surface area (Å²) in [4.78, 5) is 10.3. The number of nitrogens with one attached hydrogen (secondary N) is 1. The number of anilines is 1. The molecule has 0 fully saturated rings. The third-order valence-corrected chi connectivity index (χ3v) is 2.34. The molecule has 4 nitrogen and oxygen atoms in total. The van der Waals surface area contributed by atoms with Crippen LogP contribution < -0.4 is 5.32 Å². The molecule has 0 atom stereocenters. The maximum absolute atomic E-state index is 12.5. The molecule has 0 saturated heterocycles. The fourth-order valence-electron chi connectivity index (χ4n) is 1.47. The lowest BCUT2D eigenvalue weighted by molar-refractivity contribution is -0.138. The highest BCUT2D eigenvalue weighted by Gasteiger charge is 2.33. The Bertz CT molecular complexity index is 507. The first kappa shape index (κ1) is 14.8. The Labute approximate surface area is 107 Å². The minimum Gasteiger partial charge on any atom is -0.481 e. The third kappa shape index (κ3) is 4.50. The number of alkyl halides is 3. The van der Waals surface area contributed by atoms with Crippen LogP contribution in [0.1, 0.15) is 24.0 Å². The number of carboxylic acid groups (broad SMARTS) is 1. The van der Waals surface area contributed by atoms with Gasteiger partial charge < -0.3 is 10.4 Å². The fraction of sp³-hybridized carbons (Fsp3) is 0.333. The SMILES string of the molecule is N#Cc1cc(NCCCC(=O)O)ccc1C(F)(F)F. The Balaban J connectivity index is 2.73. The van der Waals surface area contributed by atoms with Crippen LogP contribution in [0.15, 0.2) is 18.2 Å². The molecule has 0 unspecified atom stereocenters. The first-order valence-electron chi connectivity index (χ1n) is 5.41. The lowest BCUT2D eigenvalue weighted by Crippen LogP contribution is -2.09. The molecular formula is C12H11F3N2O2. The predicted molar refractivity (Wildman–Crippen MR) is 61.5 cm³/mol. The van der Waals surface area contributed by atoms with Gasteiger partial charge in [-0.05, 0) is 24.6 Å². The van der Waals surface area contributed by atoms with Crippen molar-refractivity contribution in [2.45, 2.75) is 19.0 Å². The average Bonchev–Trinajstić information content (AvgIpc) is 2.32. The number of hydrogen-bond donors (Lipinski definition) is 2. The molecule has 1 aromatic carbocycles. The van der Waals surface area contributed by atoms with Gasteiger partial charge >= 0.3 is 12.1 Å². The van der Waals surface area contributed by atoms with Gasteiger partial charge in [0.15, 0.2) is 0 Å². The van der Waals surface area contributed by atoms with Crippen LogP contribution in [-0.4, -0.2) is 17.6 Å². The van der Waals surface area contributed by atoms with E-state index in [1.54, 1.807) is 0 Å². The Morgan fingerprint density at radius 1 is 1.42 bits per heavy atom. The van der Waals surface area contributed by atoms with Crippen molar-refractivity contribution in [2.24, 2.45) is 0 Å². The van der Waals surface area contributed by atoms with Crippen LogP contribution in [0.4, 0.5) is 18.9 Å². The summed E-state index contributed by atoms with van der Waals surface area (Å²) in [5, 5.41) is 19.9. The van der Waals surface area contributed by atoms with Gasteiger partial charge in [0.05, 0.1) is 17.2 Å². The second-order valence-corrected chi connectivity index (χ2v) is 3.79. The number of benzene rings is 1. The molecule has 0 radical (unpaired) electrons. The summed E-state index contributed by atoms with van der Waals surface area (Å²) < 4.78 is 37.6. The van der Waals surface area contributed by atoms with Crippen molar-refractivity contribution in [3.63, 3.8) is 0 Å². The number of carbonyl (C=O) groups is 1. The summed E-state index contributed by atoms with van der Waals surface area (Å²) in [6.45, 7) is 0.308. The molecule has 0 heterocycles. The minimum atomic E-state index is -4.56. The molecular weight excluding hydrogens is 261 g/mol. The Morgan fingerprint density at radius 3 is 2.63 bits per heavy atom. The van der Waals surface area contributed by atoms with Crippen molar-refractivity contribution < 1.29 is 23.1 Å². The molecule has 1 rings (SSSR count). The van der Waals surface area contributed by atoms with E-state index in [9.17, 15) is 18.0 Å². The van der Waals surface area contributed by atoms with E-state index in [1.807, 2.05) is 0 Å². The van der Waals surface area contributed by atoms with Gasteiger partial charge in [-0.3, -0.25) is 4.79 Å². The number of nitrogens with zero attached hydrogens (tertiary/aromatic N) is 1. The zero-order chi connectivity index (χ0) is 14.5. The fourth-order valence-corrected chi connectivity index (χ4v) is 1.47. The quantitative estimate of drug-likeness (QED) is 0.808. The molecule has 0 aromatic heterocycles. The van der Waals surface area contributed by atoms with Crippen LogP contribution in [0.25, 0.3) is 0 Å². The molecule has 2 N–H and O–H groups in total. The largest absolute Gasteiger partial charge is 0.481 e. The molecule has 1 aromatic rings. The zero-order valence-electron chi connectivity index (χ0n) is 9.79.